The predicted octanol–water partition coefficient (Wildman–Crippen LogP) is 1.61. The van der Waals surface area contributed by atoms with Gasteiger partial charge < -0.3 is 14.5 Å². The lowest BCUT2D eigenvalue weighted by Gasteiger charge is -2.33. The lowest BCUT2D eigenvalue weighted by atomic mass is 10.0. The molecule has 0 saturated carbocycles. The number of sulfonamides is 1. The zero-order valence-corrected chi connectivity index (χ0v) is 18.7. The third kappa shape index (κ3) is 5.13. The van der Waals surface area contributed by atoms with Crippen molar-refractivity contribution in [3.63, 3.8) is 0 Å². The Balaban J connectivity index is 1.53. The van der Waals surface area contributed by atoms with Crippen molar-refractivity contribution < 1.29 is 22.7 Å². The number of hydrogen-bond donors (Lipinski definition) is 1. The highest BCUT2D eigenvalue weighted by Crippen LogP contribution is 2.24. The van der Waals surface area contributed by atoms with Crippen LogP contribution in [0.4, 0.5) is 0 Å². The van der Waals surface area contributed by atoms with Crippen LogP contribution < -0.4 is 9.46 Å². The van der Waals surface area contributed by atoms with Gasteiger partial charge in [-0.05, 0) is 57.9 Å². The predicted molar refractivity (Wildman–Crippen MR) is 112 cm³/mol. The number of benzene rings is 1. The Morgan fingerprint density at radius 2 is 1.83 bits per heavy atom. The number of piperidine rings is 1. The number of amides is 2. The Hall–Kier alpha value is -2.13. The summed E-state index contributed by atoms with van der Waals surface area (Å²) in [6, 6.07) is 6.22. The molecule has 2 fully saturated rings. The monoisotopic (exact) mass is 437 g/mol. The van der Waals surface area contributed by atoms with Gasteiger partial charge in [-0.25, -0.2) is 13.1 Å². The number of carbonyl (C=O) groups is 2. The molecule has 0 spiro atoms. The van der Waals surface area contributed by atoms with E-state index in [0.717, 1.165) is 0 Å². The normalized spacial score (nSPS) is 20.8. The van der Waals surface area contributed by atoms with Crippen molar-refractivity contribution in [2.45, 2.75) is 57.0 Å². The van der Waals surface area contributed by atoms with Crippen molar-refractivity contribution in [2.75, 3.05) is 26.2 Å². The number of hydrogen-bond acceptors (Lipinski definition) is 5. The molecule has 0 radical (unpaired) electrons. The summed E-state index contributed by atoms with van der Waals surface area (Å²) in [5.74, 6) is 0.363. The van der Waals surface area contributed by atoms with Gasteiger partial charge in [0.05, 0.1) is 17.4 Å². The van der Waals surface area contributed by atoms with E-state index in [0.29, 0.717) is 44.8 Å². The van der Waals surface area contributed by atoms with Crippen LogP contribution in [-0.4, -0.2) is 68.4 Å². The summed E-state index contributed by atoms with van der Waals surface area (Å²) in [5, 5.41) is 0. The minimum Gasteiger partial charge on any atom is -0.494 e. The molecule has 2 heterocycles. The molecule has 1 aromatic carbocycles. The highest BCUT2D eigenvalue weighted by Gasteiger charge is 2.38. The van der Waals surface area contributed by atoms with Gasteiger partial charge in [0.2, 0.25) is 21.8 Å². The van der Waals surface area contributed by atoms with Gasteiger partial charge >= 0.3 is 0 Å². The van der Waals surface area contributed by atoms with Gasteiger partial charge in [-0.2, -0.15) is 0 Å². The van der Waals surface area contributed by atoms with Gasteiger partial charge in [-0.3, -0.25) is 9.59 Å². The fraction of sp³-hybridized carbons (Fsp3) is 0.619. The highest BCUT2D eigenvalue weighted by molar-refractivity contribution is 7.89. The van der Waals surface area contributed by atoms with Crippen LogP contribution in [0.1, 0.15) is 40.0 Å². The zero-order valence-electron chi connectivity index (χ0n) is 17.8. The number of nitrogens with zero attached hydrogens (tertiary/aromatic N) is 2. The van der Waals surface area contributed by atoms with E-state index in [1.165, 1.54) is 12.1 Å². The van der Waals surface area contributed by atoms with Gasteiger partial charge in [-0.1, -0.05) is 0 Å². The number of rotatable bonds is 7. The number of likely N-dealkylation sites (tertiary alicyclic amines) is 2. The van der Waals surface area contributed by atoms with Crippen LogP contribution in [0.3, 0.4) is 0 Å². The maximum absolute atomic E-state index is 12.8. The lowest BCUT2D eigenvalue weighted by molar-refractivity contribution is -0.136. The van der Waals surface area contributed by atoms with E-state index in [1.807, 2.05) is 20.8 Å². The van der Waals surface area contributed by atoms with E-state index in [2.05, 4.69) is 4.72 Å². The molecule has 1 aromatic rings. The Morgan fingerprint density at radius 1 is 1.20 bits per heavy atom. The average Bonchev–Trinajstić information content (AvgIpc) is 3.10. The lowest BCUT2D eigenvalue weighted by Crippen LogP contribution is -2.48. The summed E-state index contributed by atoms with van der Waals surface area (Å²) in [6.45, 7) is 7.74. The van der Waals surface area contributed by atoms with Gasteiger partial charge in [0, 0.05) is 38.1 Å². The van der Waals surface area contributed by atoms with Crippen molar-refractivity contribution in [1.29, 1.82) is 0 Å². The molecule has 3 rings (SSSR count). The van der Waals surface area contributed by atoms with Crippen LogP contribution in [0.25, 0.3) is 0 Å². The first kappa shape index (κ1) is 22.6. The third-order valence-corrected chi connectivity index (χ3v) is 7.24. The van der Waals surface area contributed by atoms with Crippen molar-refractivity contribution in [3.8, 4) is 5.75 Å². The second kappa shape index (κ2) is 9.34. The summed E-state index contributed by atoms with van der Waals surface area (Å²) in [4.78, 5) is 28.6. The maximum atomic E-state index is 12.8. The second-order valence-corrected chi connectivity index (χ2v) is 9.88. The molecule has 2 amide bonds. The summed E-state index contributed by atoms with van der Waals surface area (Å²) >= 11 is 0. The third-order valence-electron chi connectivity index (χ3n) is 5.70. The molecule has 30 heavy (non-hydrogen) atoms. The van der Waals surface area contributed by atoms with E-state index >= 15 is 0 Å². The van der Waals surface area contributed by atoms with Crippen LogP contribution in [0, 0.1) is 5.92 Å². The summed E-state index contributed by atoms with van der Waals surface area (Å²) < 4.78 is 33.4. The van der Waals surface area contributed by atoms with E-state index < -0.39 is 10.0 Å². The molecule has 2 saturated heterocycles. The van der Waals surface area contributed by atoms with Crippen molar-refractivity contribution in [1.82, 2.24) is 14.5 Å². The van der Waals surface area contributed by atoms with Crippen molar-refractivity contribution >= 4 is 21.8 Å². The van der Waals surface area contributed by atoms with Crippen molar-refractivity contribution in [3.05, 3.63) is 24.3 Å². The first-order valence-electron chi connectivity index (χ1n) is 10.5. The number of ether oxygens (including phenoxy) is 1. The van der Waals surface area contributed by atoms with Gasteiger partial charge in [0.1, 0.15) is 5.75 Å². The van der Waals surface area contributed by atoms with E-state index in [9.17, 15) is 18.0 Å². The molecule has 1 N–H and O–H groups in total. The zero-order chi connectivity index (χ0) is 21.9. The molecule has 2 aliphatic heterocycles. The number of nitrogens with one attached hydrogen (secondary N) is 1. The van der Waals surface area contributed by atoms with Crippen LogP contribution in [-0.2, 0) is 19.6 Å². The summed E-state index contributed by atoms with van der Waals surface area (Å²) in [5.41, 5.74) is 0. The van der Waals surface area contributed by atoms with Gasteiger partial charge in [-0.15, -0.1) is 0 Å². The Kier molecular flexibility index (Phi) is 7.02. The molecule has 1 unspecified atom stereocenters. The minimum absolute atomic E-state index is 0.000630. The van der Waals surface area contributed by atoms with E-state index in [4.69, 9.17) is 4.74 Å². The summed E-state index contributed by atoms with van der Waals surface area (Å²) in [6.07, 6.45) is 1.37. The Morgan fingerprint density at radius 3 is 2.37 bits per heavy atom. The molecule has 0 aliphatic carbocycles. The first-order valence-corrected chi connectivity index (χ1v) is 12.0. The molecule has 0 bridgehead atoms. The quantitative estimate of drug-likeness (QED) is 0.699. The average molecular weight is 438 g/mol. The van der Waals surface area contributed by atoms with Crippen LogP contribution in [0.2, 0.25) is 0 Å². The number of carbonyl (C=O) groups excluding carboxylic acids is 2. The van der Waals surface area contributed by atoms with Crippen LogP contribution in [0.15, 0.2) is 29.2 Å². The highest BCUT2D eigenvalue weighted by atomic mass is 32.2. The standard InChI is InChI=1S/C21H31N3O5S/c1-4-29-18-5-7-19(8-6-18)30(27,28)22-17-9-11-23(12-10-17)21(26)16-13-20(25)24(14-16)15(2)3/h5-8,15-17,22H,4,9-14H2,1-3H3. The largest absolute Gasteiger partial charge is 0.494 e. The molecular weight excluding hydrogens is 406 g/mol. The van der Waals surface area contributed by atoms with E-state index in [-0.39, 0.29) is 41.1 Å². The fourth-order valence-corrected chi connectivity index (χ4v) is 5.35. The van der Waals surface area contributed by atoms with E-state index in [1.54, 1.807) is 21.9 Å². The Labute approximate surface area is 178 Å². The van der Waals surface area contributed by atoms with Gasteiger partial charge in [0.15, 0.2) is 0 Å². The Bertz CT molecular complexity index is 861. The molecule has 1 atom stereocenters. The molecule has 2 aliphatic rings. The van der Waals surface area contributed by atoms with Crippen molar-refractivity contribution in [2.24, 2.45) is 5.92 Å². The summed E-state index contributed by atoms with van der Waals surface area (Å²) in [7, 11) is -3.63. The minimum atomic E-state index is -3.63. The van der Waals surface area contributed by atoms with Crippen LogP contribution >= 0.6 is 0 Å². The molecule has 8 nitrogen and oxygen atoms in total. The maximum Gasteiger partial charge on any atom is 0.240 e. The smallest absolute Gasteiger partial charge is 0.240 e. The van der Waals surface area contributed by atoms with Gasteiger partial charge in [0.25, 0.3) is 0 Å². The molecule has 9 heteroatoms. The topological polar surface area (TPSA) is 96.0 Å². The molecular formula is C21H31N3O5S. The SMILES string of the molecule is CCOc1ccc(S(=O)(=O)NC2CCN(C(=O)C3CC(=O)N(C(C)C)C3)CC2)cc1. The van der Waals surface area contributed by atoms with Crippen LogP contribution in [0.5, 0.6) is 5.75 Å². The first-order chi connectivity index (χ1) is 14.2. The molecule has 0 aromatic heterocycles. The fourth-order valence-electron chi connectivity index (χ4n) is 4.04. The molecule has 166 valence electrons. The second-order valence-electron chi connectivity index (χ2n) is 8.17.